The topological polar surface area (TPSA) is 39.7 Å². The Bertz CT molecular complexity index is 725. The molecule has 134 valence electrons. The van der Waals surface area contributed by atoms with Gasteiger partial charge in [-0.25, -0.2) is 4.39 Å². The molecule has 0 amide bonds. The highest BCUT2D eigenvalue weighted by molar-refractivity contribution is 5.46. The van der Waals surface area contributed by atoms with Gasteiger partial charge in [0.2, 0.25) is 6.79 Å². The molecule has 1 fully saturated rings. The van der Waals surface area contributed by atoms with Crippen molar-refractivity contribution in [3.8, 4) is 17.2 Å². The Hall–Kier alpha value is -2.27. The molecule has 4 rings (SSSR count). The first-order chi connectivity index (χ1) is 12.3. The zero-order chi connectivity index (χ0) is 17.1. The van der Waals surface area contributed by atoms with E-state index in [2.05, 4.69) is 5.32 Å². The zero-order valence-corrected chi connectivity index (χ0v) is 14.0. The quantitative estimate of drug-likeness (QED) is 0.890. The molecule has 2 heterocycles. The van der Waals surface area contributed by atoms with Gasteiger partial charge in [-0.2, -0.15) is 0 Å². The number of nitrogens with one attached hydrogen (secondary N) is 1. The van der Waals surface area contributed by atoms with Gasteiger partial charge in [-0.1, -0.05) is 12.1 Å². The molecule has 1 N–H and O–H groups in total. The third kappa shape index (κ3) is 3.71. The molecule has 0 saturated carbocycles. The van der Waals surface area contributed by atoms with E-state index >= 15 is 0 Å². The minimum absolute atomic E-state index is 0. The molecular weight excluding hydrogens is 321 g/mol. The van der Waals surface area contributed by atoms with Gasteiger partial charge in [0.1, 0.15) is 11.6 Å². The molecule has 1 unspecified atom stereocenters. The molecule has 0 bridgehead atoms. The SMILES string of the molecule is Fc1ccc([C@@H]2CCNCC2CCOc2ccc3c(c2)OCO3)cc1.[HH]. The maximum absolute atomic E-state index is 13.2. The van der Waals surface area contributed by atoms with Gasteiger partial charge in [-0.3, -0.25) is 0 Å². The summed E-state index contributed by atoms with van der Waals surface area (Å²) in [6.45, 7) is 2.88. The molecule has 0 radical (unpaired) electrons. The van der Waals surface area contributed by atoms with Crippen molar-refractivity contribution in [3.05, 3.63) is 53.8 Å². The number of benzene rings is 2. The first-order valence-electron chi connectivity index (χ1n) is 8.78. The van der Waals surface area contributed by atoms with Crippen LogP contribution in [0.25, 0.3) is 0 Å². The maximum Gasteiger partial charge on any atom is 0.231 e. The Morgan fingerprint density at radius 1 is 1.12 bits per heavy atom. The van der Waals surface area contributed by atoms with Crippen molar-refractivity contribution >= 4 is 0 Å². The highest BCUT2D eigenvalue weighted by Gasteiger charge is 2.26. The van der Waals surface area contributed by atoms with Crippen LogP contribution in [0, 0.1) is 11.7 Å². The van der Waals surface area contributed by atoms with Crippen molar-refractivity contribution < 1.29 is 20.0 Å². The van der Waals surface area contributed by atoms with Crippen LogP contribution in [0.1, 0.15) is 25.7 Å². The summed E-state index contributed by atoms with van der Waals surface area (Å²) in [5.74, 6) is 3.04. The molecule has 0 aliphatic carbocycles. The lowest BCUT2D eigenvalue weighted by Gasteiger charge is -2.32. The van der Waals surface area contributed by atoms with E-state index in [1.165, 1.54) is 5.56 Å². The predicted octanol–water partition coefficient (Wildman–Crippen LogP) is 3.96. The molecule has 2 aliphatic heterocycles. The van der Waals surface area contributed by atoms with E-state index in [1.807, 2.05) is 30.3 Å². The summed E-state index contributed by atoms with van der Waals surface area (Å²) in [7, 11) is 0. The normalized spacial score (nSPS) is 22.0. The summed E-state index contributed by atoms with van der Waals surface area (Å²) in [6, 6.07) is 12.6. The van der Waals surface area contributed by atoms with Crippen LogP contribution in [0.15, 0.2) is 42.5 Å². The predicted molar refractivity (Wildman–Crippen MR) is 94.9 cm³/mol. The number of hydrogen-bond donors (Lipinski definition) is 1. The number of ether oxygens (including phenoxy) is 3. The average Bonchev–Trinajstić information content (AvgIpc) is 3.11. The van der Waals surface area contributed by atoms with Crippen LogP contribution in [-0.4, -0.2) is 26.5 Å². The van der Waals surface area contributed by atoms with E-state index in [0.717, 1.165) is 43.2 Å². The summed E-state index contributed by atoms with van der Waals surface area (Å²) >= 11 is 0. The Balaban J connectivity index is 0.00000196. The summed E-state index contributed by atoms with van der Waals surface area (Å²) < 4.78 is 29.8. The fraction of sp³-hybridized carbons (Fsp3) is 0.400. The van der Waals surface area contributed by atoms with E-state index < -0.39 is 0 Å². The largest absolute Gasteiger partial charge is 0.493 e. The molecule has 4 nitrogen and oxygen atoms in total. The summed E-state index contributed by atoms with van der Waals surface area (Å²) in [4.78, 5) is 0. The van der Waals surface area contributed by atoms with E-state index in [9.17, 15) is 4.39 Å². The Kier molecular flexibility index (Phi) is 4.74. The number of fused-ring (bicyclic) bond motifs is 1. The lowest BCUT2D eigenvalue weighted by molar-refractivity contribution is 0.173. The van der Waals surface area contributed by atoms with Gasteiger partial charge in [0.25, 0.3) is 0 Å². The van der Waals surface area contributed by atoms with Crippen LogP contribution in [-0.2, 0) is 0 Å². The van der Waals surface area contributed by atoms with Crippen molar-refractivity contribution in [2.24, 2.45) is 5.92 Å². The molecular formula is C20H24FNO3. The van der Waals surface area contributed by atoms with Gasteiger partial charge in [-0.15, -0.1) is 0 Å². The fourth-order valence-electron chi connectivity index (χ4n) is 3.67. The van der Waals surface area contributed by atoms with Crippen molar-refractivity contribution in [2.45, 2.75) is 18.8 Å². The second kappa shape index (κ2) is 7.31. The Labute approximate surface area is 148 Å². The third-order valence-electron chi connectivity index (χ3n) is 5.01. The second-order valence-corrected chi connectivity index (χ2v) is 6.56. The number of piperidine rings is 1. The maximum atomic E-state index is 13.2. The van der Waals surface area contributed by atoms with Crippen LogP contribution < -0.4 is 19.5 Å². The summed E-state index contributed by atoms with van der Waals surface area (Å²) in [5.41, 5.74) is 1.22. The first kappa shape index (κ1) is 16.2. The molecule has 2 atom stereocenters. The van der Waals surface area contributed by atoms with E-state index in [-0.39, 0.29) is 14.0 Å². The molecule has 1 saturated heterocycles. The highest BCUT2D eigenvalue weighted by atomic mass is 19.1. The van der Waals surface area contributed by atoms with Crippen molar-refractivity contribution in [1.29, 1.82) is 0 Å². The molecule has 2 aromatic rings. The number of halogens is 1. The van der Waals surface area contributed by atoms with Crippen LogP contribution in [0.2, 0.25) is 0 Å². The van der Waals surface area contributed by atoms with Gasteiger partial charge in [0.05, 0.1) is 6.61 Å². The monoisotopic (exact) mass is 345 g/mol. The minimum Gasteiger partial charge on any atom is -0.493 e. The minimum atomic E-state index is -0.180. The lowest BCUT2D eigenvalue weighted by Crippen LogP contribution is -2.36. The zero-order valence-electron chi connectivity index (χ0n) is 14.0. The van der Waals surface area contributed by atoms with Gasteiger partial charge in [0, 0.05) is 7.49 Å². The van der Waals surface area contributed by atoms with Gasteiger partial charge >= 0.3 is 0 Å². The van der Waals surface area contributed by atoms with Crippen LogP contribution in [0.4, 0.5) is 4.39 Å². The standard InChI is InChI=1S/C20H22FNO3.H2/c21-16-3-1-14(2-4-16)18-7-9-22-12-15(18)8-10-23-17-5-6-19-20(11-17)25-13-24-19;/h1-6,11,15,18,22H,7-10,12-13H2;1H/t15?,18-;/m0./s1. The summed E-state index contributed by atoms with van der Waals surface area (Å²) in [5, 5.41) is 3.46. The molecule has 5 heteroatoms. The molecule has 25 heavy (non-hydrogen) atoms. The fourth-order valence-corrected chi connectivity index (χ4v) is 3.67. The smallest absolute Gasteiger partial charge is 0.231 e. The van der Waals surface area contributed by atoms with Gasteiger partial charge < -0.3 is 19.5 Å². The number of rotatable bonds is 5. The van der Waals surface area contributed by atoms with Crippen LogP contribution in [0.5, 0.6) is 17.2 Å². The van der Waals surface area contributed by atoms with Crippen molar-refractivity contribution in [3.63, 3.8) is 0 Å². The third-order valence-corrected chi connectivity index (χ3v) is 5.01. The Morgan fingerprint density at radius 3 is 2.84 bits per heavy atom. The lowest BCUT2D eigenvalue weighted by atomic mass is 9.79. The summed E-state index contributed by atoms with van der Waals surface area (Å²) in [6.07, 6.45) is 2.02. The van der Waals surface area contributed by atoms with E-state index in [1.54, 1.807) is 12.1 Å². The molecule has 2 aromatic carbocycles. The average molecular weight is 345 g/mol. The van der Waals surface area contributed by atoms with E-state index in [0.29, 0.717) is 18.4 Å². The van der Waals surface area contributed by atoms with Crippen molar-refractivity contribution in [1.82, 2.24) is 5.32 Å². The second-order valence-electron chi connectivity index (χ2n) is 6.56. The first-order valence-corrected chi connectivity index (χ1v) is 8.78. The highest BCUT2D eigenvalue weighted by Crippen LogP contribution is 2.36. The van der Waals surface area contributed by atoms with E-state index in [4.69, 9.17) is 14.2 Å². The van der Waals surface area contributed by atoms with Gasteiger partial charge in [0.15, 0.2) is 11.5 Å². The molecule has 0 aromatic heterocycles. The molecule has 2 aliphatic rings. The van der Waals surface area contributed by atoms with Crippen LogP contribution in [0.3, 0.4) is 0 Å². The number of hydrogen-bond acceptors (Lipinski definition) is 4. The molecule has 0 spiro atoms. The Morgan fingerprint density at radius 2 is 1.96 bits per heavy atom. The van der Waals surface area contributed by atoms with Gasteiger partial charge in [-0.05, 0) is 67.6 Å². The van der Waals surface area contributed by atoms with Crippen molar-refractivity contribution in [2.75, 3.05) is 26.5 Å². The van der Waals surface area contributed by atoms with Crippen LogP contribution >= 0.6 is 0 Å².